The molecule has 3 N–H and O–H groups in total. The zero-order valence-electron chi connectivity index (χ0n) is 17.6. The summed E-state index contributed by atoms with van der Waals surface area (Å²) in [6.07, 6.45) is 0.862. The number of Topliss-reactive ketones (excluding diaryl/α,β-unsaturated/α-hetero) is 1. The van der Waals surface area contributed by atoms with E-state index in [1.165, 1.54) is 6.92 Å². The Labute approximate surface area is 175 Å². The van der Waals surface area contributed by atoms with Gasteiger partial charge in [-0.3, -0.25) is 4.79 Å². The second kappa shape index (κ2) is 8.30. The monoisotopic (exact) mass is 416 g/mol. The van der Waals surface area contributed by atoms with Crippen molar-refractivity contribution in [2.75, 3.05) is 0 Å². The normalized spacial score (nSPS) is 14.8. The van der Waals surface area contributed by atoms with E-state index in [4.69, 9.17) is 9.57 Å². The quantitative estimate of drug-likeness (QED) is 0.597. The van der Waals surface area contributed by atoms with Gasteiger partial charge < -0.3 is 25.1 Å². The number of aromatic hydroxyl groups is 2. The summed E-state index contributed by atoms with van der Waals surface area (Å²) in [6, 6.07) is 8.38. The molecule has 162 valence electrons. The van der Waals surface area contributed by atoms with Crippen LogP contribution in [0.2, 0.25) is 0 Å². The minimum atomic E-state index is -0.853. The smallest absolute Gasteiger partial charge is 0.408 e. The molecule has 2 aromatic rings. The summed E-state index contributed by atoms with van der Waals surface area (Å²) in [7, 11) is 0. The molecule has 1 heterocycles. The van der Waals surface area contributed by atoms with Gasteiger partial charge in [0.05, 0.1) is 11.6 Å². The fraction of sp³-hybridized carbons (Fsp3) is 0.455. The summed E-state index contributed by atoms with van der Waals surface area (Å²) in [5, 5.41) is 23.7. The van der Waals surface area contributed by atoms with Crippen LogP contribution in [0.5, 0.6) is 11.8 Å². The number of benzene rings is 1. The predicted molar refractivity (Wildman–Crippen MR) is 109 cm³/mol. The molecule has 8 nitrogen and oxygen atoms in total. The molecule has 1 saturated carbocycles. The molecule has 0 bridgehead atoms. The summed E-state index contributed by atoms with van der Waals surface area (Å²) in [5.74, 6) is -1.39. The molecular formula is C22H28N2O6. The lowest BCUT2D eigenvalue weighted by molar-refractivity contribution is 0.0481. The molecule has 3 rings (SSSR count). The number of carbonyl (C=O) groups excluding carboxylic acids is 2. The first-order valence-corrected chi connectivity index (χ1v) is 9.92. The van der Waals surface area contributed by atoms with E-state index in [2.05, 4.69) is 5.32 Å². The van der Waals surface area contributed by atoms with Gasteiger partial charge in [0.2, 0.25) is 11.8 Å². The van der Waals surface area contributed by atoms with Crippen molar-refractivity contribution in [1.29, 1.82) is 0 Å². The van der Waals surface area contributed by atoms with Crippen molar-refractivity contribution < 1.29 is 29.4 Å². The first-order chi connectivity index (χ1) is 14.1. The van der Waals surface area contributed by atoms with Crippen molar-refractivity contribution in [2.45, 2.75) is 58.8 Å². The fourth-order valence-electron chi connectivity index (χ4n) is 3.18. The van der Waals surface area contributed by atoms with E-state index in [1.54, 1.807) is 20.8 Å². The van der Waals surface area contributed by atoms with Gasteiger partial charge in [-0.1, -0.05) is 30.3 Å². The Hall–Kier alpha value is -3.16. The van der Waals surface area contributed by atoms with Gasteiger partial charge in [-0.25, -0.2) is 4.79 Å². The highest BCUT2D eigenvalue weighted by atomic mass is 16.7. The Kier molecular flexibility index (Phi) is 5.96. The van der Waals surface area contributed by atoms with Crippen molar-refractivity contribution in [3.05, 3.63) is 47.0 Å². The van der Waals surface area contributed by atoms with Gasteiger partial charge in [0.15, 0.2) is 5.78 Å². The SMILES string of the molecule is Cc1c(C(=O)C(NC(=O)OC(C)(C)C)C2CC2)c(O)n(OCc2ccccc2)c1O. The highest BCUT2D eigenvalue weighted by Crippen LogP contribution is 2.38. The highest BCUT2D eigenvalue weighted by Gasteiger charge is 2.41. The van der Waals surface area contributed by atoms with Crippen LogP contribution in [0.1, 0.15) is 55.1 Å². The lowest BCUT2D eigenvalue weighted by atomic mass is 9.99. The van der Waals surface area contributed by atoms with Crippen LogP contribution in [0.4, 0.5) is 4.79 Å². The minimum Gasteiger partial charge on any atom is -0.492 e. The molecule has 8 heteroatoms. The molecule has 1 aliphatic carbocycles. The second-order valence-electron chi connectivity index (χ2n) is 8.53. The number of ether oxygens (including phenoxy) is 1. The molecule has 1 amide bonds. The topological polar surface area (TPSA) is 110 Å². The van der Waals surface area contributed by atoms with Gasteiger partial charge in [-0.05, 0) is 52.0 Å². The Bertz CT molecular complexity index is 925. The number of hydrogen-bond donors (Lipinski definition) is 3. The average molecular weight is 416 g/mol. The molecule has 0 radical (unpaired) electrons. The third kappa shape index (κ3) is 4.87. The van der Waals surface area contributed by atoms with Gasteiger partial charge in [-0.2, -0.15) is 0 Å². The van der Waals surface area contributed by atoms with E-state index in [1.807, 2.05) is 30.3 Å². The van der Waals surface area contributed by atoms with Crippen molar-refractivity contribution in [2.24, 2.45) is 5.92 Å². The van der Waals surface area contributed by atoms with Crippen LogP contribution in [0, 0.1) is 12.8 Å². The number of aromatic nitrogens is 1. The average Bonchev–Trinajstić information content (AvgIpc) is 3.47. The number of hydrogen-bond acceptors (Lipinski definition) is 6. The lowest BCUT2D eigenvalue weighted by Gasteiger charge is -2.23. The van der Waals surface area contributed by atoms with Crippen molar-refractivity contribution >= 4 is 11.9 Å². The molecule has 0 aliphatic heterocycles. The Balaban J connectivity index is 1.81. The van der Waals surface area contributed by atoms with Crippen LogP contribution in [0.3, 0.4) is 0 Å². The Morgan fingerprint density at radius 3 is 2.37 bits per heavy atom. The van der Waals surface area contributed by atoms with Gasteiger partial charge in [0.25, 0.3) is 0 Å². The van der Waals surface area contributed by atoms with E-state index in [-0.39, 0.29) is 29.5 Å². The number of carbonyl (C=O) groups is 2. The molecule has 0 spiro atoms. The molecular weight excluding hydrogens is 388 g/mol. The molecule has 0 saturated heterocycles. The van der Waals surface area contributed by atoms with Gasteiger partial charge in [0, 0.05) is 5.56 Å². The molecule has 30 heavy (non-hydrogen) atoms. The number of nitrogens with zero attached hydrogens (tertiary/aromatic N) is 1. The van der Waals surface area contributed by atoms with E-state index in [0.29, 0.717) is 0 Å². The van der Waals surface area contributed by atoms with Crippen molar-refractivity contribution in [3.63, 3.8) is 0 Å². The molecule has 1 unspecified atom stereocenters. The summed E-state index contributed by atoms with van der Waals surface area (Å²) in [6.45, 7) is 6.81. The number of alkyl carbamates (subject to hydrolysis) is 1. The largest absolute Gasteiger partial charge is 0.492 e. The second-order valence-corrected chi connectivity index (χ2v) is 8.53. The molecule has 1 fully saturated rings. The summed E-state index contributed by atoms with van der Waals surface area (Å²) < 4.78 is 6.11. The highest BCUT2D eigenvalue weighted by molar-refractivity contribution is 6.05. The van der Waals surface area contributed by atoms with Gasteiger partial charge in [0.1, 0.15) is 12.2 Å². The van der Waals surface area contributed by atoms with Gasteiger partial charge >= 0.3 is 6.09 Å². The van der Waals surface area contributed by atoms with Crippen LogP contribution in [0.25, 0.3) is 0 Å². The number of nitrogens with one attached hydrogen (secondary N) is 1. The maximum atomic E-state index is 13.2. The van der Waals surface area contributed by atoms with Gasteiger partial charge in [-0.15, -0.1) is 4.73 Å². The first kappa shape index (κ1) is 21.5. The summed E-state index contributed by atoms with van der Waals surface area (Å²) >= 11 is 0. The zero-order chi connectivity index (χ0) is 22.1. The van der Waals surface area contributed by atoms with E-state index in [0.717, 1.165) is 23.1 Å². The summed E-state index contributed by atoms with van der Waals surface area (Å²) in [4.78, 5) is 30.9. The molecule has 1 aromatic carbocycles. The number of amides is 1. The maximum Gasteiger partial charge on any atom is 0.408 e. The zero-order valence-corrected chi connectivity index (χ0v) is 17.6. The van der Waals surface area contributed by atoms with E-state index < -0.39 is 29.4 Å². The van der Waals surface area contributed by atoms with Crippen molar-refractivity contribution in [3.8, 4) is 11.8 Å². The number of ketones is 1. The van der Waals surface area contributed by atoms with Crippen LogP contribution in [-0.4, -0.2) is 38.5 Å². The maximum absolute atomic E-state index is 13.2. The number of rotatable bonds is 7. The van der Waals surface area contributed by atoms with Crippen LogP contribution in [-0.2, 0) is 11.3 Å². The van der Waals surface area contributed by atoms with Crippen LogP contribution < -0.4 is 10.2 Å². The van der Waals surface area contributed by atoms with E-state index >= 15 is 0 Å². The minimum absolute atomic E-state index is 0.0421. The third-order valence-corrected chi connectivity index (χ3v) is 4.82. The third-order valence-electron chi connectivity index (χ3n) is 4.82. The van der Waals surface area contributed by atoms with Crippen molar-refractivity contribution in [1.82, 2.24) is 10.0 Å². The fourth-order valence-corrected chi connectivity index (χ4v) is 3.18. The van der Waals surface area contributed by atoms with E-state index in [9.17, 15) is 19.8 Å². The Morgan fingerprint density at radius 2 is 1.80 bits per heavy atom. The van der Waals surface area contributed by atoms with Crippen LogP contribution >= 0.6 is 0 Å². The molecule has 1 atom stereocenters. The molecule has 1 aliphatic rings. The molecule has 1 aromatic heterocycles. The first-order valence-electron chi connectivity index (χ1n) is 9.92. The lowest BCUT2D eigenvalue weighted by Crippen LogP contribution is -2.45. The van der Waals surface area contributed by atoms with Crippen LogP contribution in [0.15, 0.2) is 30.3 Å². The Morgan fingerprint density at radius 1 is 1.17 bits per heavy atom. The summed E-state index contributed by atoms with van der Waals surface area (Å²) in [5.41, 5.74) is 0.236. The standard InChI is InChI=1S/C22H28N2O6/c1-13-16(18(25)17(15-10-11-15)23-21(28)30-22(2,3)4)20(27)24(19(13)26)29-12-14-8-6-5-7-9-14/h5-9,15,17,26-27H,10-12H2,1-4H3,(H,23,28). The predicted octanol–water partition coefficient (Wildman–Crippen LogP) is 3.32.